The Morgan fingerprint density at radius 1 is 1.15 bits per heavy atom. The number of carbonyl (C=O) groups is 2. The zero-order valence-electron chi connectivity index (χ0n) is 17.4. The molecule has 1 fully saturated rings. The van der Waals surface area contributed by atoms with E-state index in [0.29, 0.717) is 25.2 Å². The summed E-state index contributed by atoms with van der Waals surface area (Å²) in [5.74, 6) is -1.22. The number of carbonyl (C=O) groups excluding carboxylic acids is 2. The number of nitrogens with zero attached hydrogens (tertiary/aromatic N) is 2. The van der Waals surface area contributed by atoms with Crippen LogP contribution in [0.1, 0.15) is 12.0 Å². The lowest BCUT2D eigenvalue weighted by Crippen LogP contribution is -2.30. The number of amides is 2. The Morgan fingerprint density at radius 3 is 2.55 bits per heavy atom. The summed E-state index contributed by atoms with van der Waals surface area (Å²) in [4.78, 5) is 30.5. The molecule has 3 aromatic rings. The molecular weight excluding hydrogens is 467 g/mol. The average molecular weight is 489 g/mol. The van der Waals surface area contributed by atoms with Crippen molar-refractivity contribution in [2.45, 2.75) is 17.7 Å². The van der Waals surface area contributed by atoms with Crippen LogP contribution in [0.25, 0.3) is 0 Å². The fourth-order valence-corrected chi connectivity index (χ4v) is 5.28. The zero-order chi connectivity index (χ0) is 23.4. The molecule has 11 heteroatoms. The van der Waals surface area contributed by atoms with Gasteiger partial charge in [-0.3, -0.25) is 14.3 Å². The van der Waals surface area contributed by atoms with Gasteiger partial charge in [0, 0.05) is 36.8 Å². The summed E-state index contributed by atoms with van der Waals surface area (Å²) in [6.45, 7) is 0.753. The van der Waals surface area contributed by atoms with Crippen LogP contribution >= 0.6 is 11.3 Å². The first-order valence-electron chi connectivity index (χ1n) is 10.2. The number of thiazole rings is 1. The van der Waals surface area contributed by atoms with Crippen molar-refractivity contribution in [2.24, 2.45) is 5.92 Å². The van der Waals surface area contributed by atoms with E-state index in [9.17, 15) is 22.4 Å². The highest BCUT2D eigenvalue weighted by atomic mass is 32.2. The van der Waals surface area contributed by atoms with Crippen LogP contribution in [0.15, 0.2) is 65.0 Å². The number of rotatable bonds is 8. The van der Waals surface area contributed by atoms with Gasteiger partial charge in [-0.25, -0.2) is 17.8 Å². The van der Waals surface area contributed by atoms with Crippen LogP contribution in [-0.2, 0) is 26.0 Å². The number of aromatic nitrogens is 1. The van der Waals surface area contributed by atoms with Crippen molar-refractivity contribution in [1.29, 1.82) is 0 Å². The molecule has 0 saturated carbocycles. The Hall–Kier alpha value is -3.31. The molecule has 2 aromatic carbocycles. The molecule has 1 unspecified atom stereocenters. The largest absolute Gasteiger partial charge is 0.342 e. The number of hydrogen-bond donors (Lipinski definition) is 2. The summed E-state index contributed by atoms with van der Waals surface area (Å²) in [5.41, 5.74) is 1.35. The maximum Gasteiger partial charge on any atom is 0.263 e. The van der Waals surface area contributed by atoms with E-state index in [1.165, 1.54) is 53.9 Å². The van der Waals surface area contributed by atoms with Gasteiger partial charge in [-0.2, -0.15) is 0 Å². The minimum atomic E-state index is -3.78. The molecule has 1 atom stereocenters. The smallest absolute Gasteiger partial charge is 0.263 e. The van der Waals surface area contributed by atoms with Crippen LogP contribution in [-0.4, -0.2) is 43.2 Å². The van der Waals surface area contributed by atoms with Crippen molar-refractivity contribution in [3.63, 3.8) is 0 Å². The number of hydrogen-bond acceptors (Lipinski definition) is 6. The average Bonchev–Trinajstić information content (AvgIpc) is 3.43. The van der Waals surface area contributed by atoms with Crippen molar-refractivity contribution < 1.29 is 22.4 Å². The number of halogens is 1. The van der Waals surface area contributed by atoms with E-state index < -0.39 is 15.9 Å². The quantitative estimate of drug-likeness (QED) is 0.507. The number of nitrogens with one attached hydrogen (secondary N) is 2. The molecule has 2 amide bonds. The highest BCUT2D eigenvalue weighted by Crippen LogP contribution is 2.22. The summed E-state index contributed by atoms with van der Waals surface area (Å²) >= 11 is 1.17. The molecule has 2 heterocycles. The molecule has 0 radical (unpaired) electrons. The predicted octanol–water partition coefficient (Wildman–Crippen LogP) is 3.11. The summed E-state index contributed by atoms with van der Waals surface area (Å²) < 4.78 is 40.2. The Kier molecular flexibility index (Phi) is 6.70. The molecule has 0 bridgehead atoms. The van der Waals surface area contributed by atoms with Gasteiger partial charge in [0.15, 0.2) is 5.13 Å². The highest BCUT2D eigenvalue weighted by Gasteiger charge is 2.34. The maximum atomic E-state index is 13.0. The zero-order valence-corrected chi connectivity index (χ0v) is 19.0. The van der Waals surface area contributed by atoms with Gasteiger partial charge in [-0.05, 0) is 48.4 Å². The van der Waals surface area contributed by atoms with Gasteiger partial charge >= 0.3 is 0 Å². The van der Waals surface area contributed by atoms with E-state index in [-0.39, 0.29) is 34.1 Å². The molecule has 8 nitrogen and oxygen atoms in total. The Balaban J connectivity index is 1.31. The topological polar surface area (TPSA) is 108 Å². The minimum Gasteiger partial charge on any atom is -0.342 e. The van der Waals surface area contributed by atoms with E-state index in [2.05, 4.69) is 15.0 Å². The predicted molar refractivity (Wildman–Crippen MR) is 123 cm³/mol. The molecule has 0 aliphatic carbocycles. The van der Waals surface area contributed by atoms with Crippen molar-refractivity contribution in [1.82, 2.24) is 9.88 Å². The molecule has 0 spiro atoms. The third kappa shape index (κ3) is 5.74. The lowest BCUT2D eigenvalue weighted by molar-refractivity contribution is -0.128. The van der Waals surface area contributed by atoms with Gasteiger partial charge < -0.3 is 10.2 Å². The van der Waals surface area contributed by atoms with Gasteiger partial charge in [-0.1, -0.05) is 12.1 Å². The Morgan fingerprint density at radius 2 is 1.88 bits per heavy atom. The van der Waals surface area contributed by atoms with Crippen molar-refractivity contribution >= 4 is 44.0 Å². The molecular formula is C22H21FN4O4S2. The van der Waals surface area contributed by atoms with E-state index in [0.717, 1.165) is 5.56 Å². The second-order valence-corrected chi connectivity index (χ2v) is 10.2. The molecule has 1 aliphatic heterocycles. The summed E-state index contributed by atoms with van der Waals surface area (Å²) in [6, 6.07) is 11.9. The van der Waals surface area contributed by atoms with E-state index in [4.69, 9.17) is 0 Å². The number of anilines is 2. The van der Waals surface area contributed by atoms with Gasteiger partial charge in [0.1, 0.15) is 5.82 Å². The molecule has 1 aliphatic rings. The van der Waals surface area contributed by atoms with Crippen LogP contribution in [0.5, 0.6) is 0 Å². The third-order valence-corrected chi connectivity index (χ3v) is 7.43. The highest BCUT2D eigenvalue weighted by molar-refractivity contribution is 7.93. The first-order valence-corrected chi connectivity index (χ1v) is 12.5. The van der Waals surface area contributed by atoms with Crippen molar-refractivity contribution in [3.8, 4) is 0 Å². The normalized spacial score (nSPS) is 16.1. The lowest BCUT2D eigenvalue weighted by Gasteiger charge is -2.16. The van der Waals surface area contributed by atoms with E-state index >= 15 is 0 Å². The van der Waals surface area contributed by atoms with E-state index in [1.54, 1.807) is 22.4 Å². The first kappa shape index (κ1) is 22.9. The number of benzene rings is 2. The molecule has 1 saturated heterocycles. The first-order chi connectivity index (χ1) is 15.8. The molecule has 33 heavy (non-hydrogen) atoms. The Labute approximate surface area is 194 Å². The summed E-state index contributed by atoms with van der Waals surface area (Å²) in [5, 5.41) is 4.67. The van der Waals surface area contributed by atoms with Crippen LogP contribution in [0.3, 0.4) is 0 Å². The van der Waals surface area contributed by atoms with Crippen LogP contribution in [0.2, 0.25) is 0 Å². The van der Waals surface area contributed by atoms with Crippen molar-refractivity contribution in [3.05, 3.63) is 71.5 Å². The second-order valence-electron chi connectivity index (χ2n) is 7.57. The molecule has 172 valence electrons. The van der Waals surface area contributed by atoms with Crippen molar-refractivity contribution in [2.75, 3.05) is 23.1 Å². The second kappa shape index (κ2) is 9.67. The standard InChI is InChI=1S/C22H21FN4O4S2/c23-17-3-1-15(2-4-17)9-11-27-14-16(13-20(27)28)21(29)25-18-5-7-19(8-6-18)33(30,31)26-22-24-10-12-32-22/h1-8,10,12,16H,9,11,13-14H2,(H,24,26)(H,25,29). The summed E-state index contributed by atoms with van der Waals surface area (Å²) in [7, 11) is -3.78. The van der Waals surface area contributed by atoms with Gasteiger partial charge in [0.05, 0.1) is 10.8 Å². The maximum absolute atomic E-state index is 13.0. The van der Waals surface area contributed by atoms with Crippen LogP contribution < -0.4 is 10.0 Å². The number of likely N-dealkylation sites (tertiary alicyclic amines) is 1. The fourth-order valence-electron chi connectivity index (χ4n) is 3.49. The third-order valence-electron chi connectivity index (χ3n) is 5.26. The molecule has 2 N–H and O–H groups in total. The SMILES string of the molecule is O=C(Nc1ccc(S(=O)(=O)Nc2nccs2)cc1)C1CC(=O)N(CCc2ccc(F)cc2)C1. The van der Waals surface area contributed by atoms with Gasteiger partial charge in [0.2, 0.25) is 11.8 Å². The number of sulfonamides is 1. The van der Waals surface area contributed by atoms with Crippen LogP contribution in [0.4, 0.5) is 15.2 Å². The van der Waals surface area contributed by atoms with Gasteiger partial charge in [-0.15, -0.1) is 11.3 Å². The molecule has 1 aromatic heterocycles. The lowest BCUT2D eigenvalue weighted by atomic mass is 10.1. The Bertz CT molecular complexity index is 1230. The van der Waals surface area contributed by atoms with E-state index in [1.807, 2.05) is 0 Å². The minimum absolute atomic E-state index is 0.0405. The molecule has 4 rings (SSSR count). The van der Waals surface area contributed by atoms with Crippen LogP contribution in [0, 0.1) is 11.7 Å². The fraction of sp³-hybridized carbons (Fsp3) is 0.227. The van der Waals surface area contributed by atoms with Gasteiger partial charge in [0.25, 0.3) is 10.0 Å². The monoisotopic (exact) mass is 488 g/mol. The summed E-state index contributed by atoms with van der Waals surface area (Å²) in [6.07, 6.45) is 2.18.